The van der Waals surface area contributed by atoms with Crippen molar-refractivity contribution in [2.75, 3.05) is 28.4 Å². The van der Waals surface area contributed by atoms with Crippen molar-refractivity contribution in [3.8, 4) is 0 Å². The molecule has 0 saturated heterocycles. The molecule has 106 valence electrons. The number of rotatable bonds is 9. The van der Waals surface area contributed by atoms with E-state index in [1.54, 1.807) is 0 Å². The quantitative estimate of drug-likeness (QED) is 0.343. The van der Waals surface area contributed by atoms with Gasteiger partial charge >= 0.3 is 111 Å². The fourth-order valence-electron chi connectivity index (χ4n) is 1.45. The molecule has 0 aromatic carbocycles. The number of carbonyl (C=O) groups excluding carboxylic acids is 2. The van der Waals surface area contributed by atoms with Crippen molar-refractivity contribution in [3.05, 3.63) is 12.2 Å². The van der Waals surface area contributed by atoms with Crippen LogP contribution < -0.4 is 0 Å². The maximum atomic E-state index is 11.6. The van der Waals surface area contributed by atoms with Gasteiger partial charge in [-0.05, 0) is 0 Å². The zero-order valence-electron chi connectivity index (χ0n) is 11.5. The number of ketones is 2. The molecular formula is C11H21O6Sb. The van der Waals surface area contributed by atoms with Crippen LogP contribution in [0.15, 0.2) is 12.2 Å². The molecule has 0 spiro atoms. The fraction of sp³-hybridized carbons (Fsp3) is 0.636. The molecule has 0 aliphatic rings. The van der Waals surface area contributed by atoms with E-state index in [-0.39, 0.29) is 16.4 Å². The standard InChI is InChI=1S/C7H9O2.4CH3O.Sb/c1-4-6(8)7(9)5(2)3;4*1-2;/h1-2,4H2,3H3;4*1H3;/q;4*-1;+4. The molecule has 6 nitrogen and oxygen atoms in total. The molecule has 0 rings (SSSR count). The van der Waals surface area contributed by atoms with Crippen LogP contribution in [0.3, 0.4) is 0 Å². The van der Waals surface area contributed by atoms with Crippen LogP contribution in [0.2, 0.25) is 4.37 Å². The predicted molar refractivity (Wildman–Crippen MR) is 68.0 cm³/mol. The van der Waals surface area contributed by atoms with Crippen molar-refractivity contribution >= 4 is 30.6 Å². The van der Waals surface area contributed by atoms with E-state index >= 15 is 0 Å². The SMILES string of the molecule is C=C(C)C(=O)C(=O)C[CH2][Sb]([O]C)([O]C)([O]C)[O]C. The minimum absolute atomic E-state index is 0.0588. The van der Waals surface area contributed by atoms with Crippen molar-refractivity contribution in [3.63, 3.8) is 0 Å². The second-order valence-corrected chi connectivity index (χ2v) is 14.6. The van der Waals surface area contributed by atoms with E-state index in [2.05, 4.69) is 6.58 Å². The zero-order chi connectivity index (χ0) is 14.4. The van der Waals surface area contributed by atoms with Gasteiger partial charge in [0.25, 0.3) is 0 Å². The summed E-state index contributed by atoms with van der Waals surface area (Å²) < 4.78 is 21.4. The van der Waals surface area contributed by atoms with Crippen LogP contribution in [0.5, 0.6) is 0 Å². The summed E-state index contributed by atoms with van der Waals surface area (Å²) >= 11 is -4.63. The topological polar surface area (TPSA) is 71.1 Å². The van der Waals surface area contributed by atoms with Crippen LogP contribution in [0, 0.1) is 0 Å². The summed E-state index contributed by atoms with van der Waals surface area (Å²) in [7, 11) is 5.62. The summed E-state index contributed by atoms with van der Waals surface area (Å²) in [6.07, 6.45) is -0.0588. The van der Waals surface area contributed by atoms with Gasteiger partial charge in [-0.3, -0.25) is 0 Å². The third-order valence-electron chi connectivity index (χ3n) is 2.76. The summed E-state index contributed by atoms with van der Waals surface area (Å²) in [5.41, 5.74) is 0.207. The third kappa shape index (κ3) is 3.62. The molecule has 0 fully saturated rings. The van der Waals surface area contributed by atoms with Crippen molar-refractivity contribution < 1.29 is 21.7 Å². The predicted octanol–water partition coefficient (Wildman–Crippen LogP) is 1.07. The van der Waals surface area contributed by atoms with E-state index in [4.69, 9.17) is 12.1 Å². The third-order valence-corrected chi connectivity index (χ3v) is 13.5. The van der Waals surface area contributed by atoms with Crippen molar-refractivity contribution in [1.82, 2.24) is 0 Å². The Hall–Kier alpha value is -0.262. The molecule has 0 aliphatic carbocycles. The number of hydrogen-bond donors (Lipinski definition) is 0. The van der Waals surface area contributed by atoms with Gasteiger partial charge in [-0.2, -0.15) is 0 Å². The summed E-state index contributed by atoms with van der Waals surface area (Å²) in [4.78, 5) is 23.1. The fourth-order valence-corrected chi connectivity index (χ4v) is 7.71. The van der Waals surface area contributed by atoms with Crippen LogP contribution in [0.4, 0.5) is 0 Å². The second kappa shape index (κ2) is 6.77. The Bertz CT molecular complexity index is 324. The Labute approximate surface area is 111 Å². The van der Waals surface area contributed by atoms with E-state index in [0.29, 0.717) is 0 Å². The molecule has 0 bridgehead atoms. The molecule has 0 radical (unpaired) electrons. The van der Waals surface area contributed by atoms with Gasteiger partial charge in [0.15, 0.2) is 0 Å². The van der Waals surface area contributed by atoms with Gasteiger partial charge in [0, 0.05) is 0 Å². The summed E-state index contributed by atoms with van der Waals surface area (Å²) in [6.45, 7) is 4.93. The Morgan fingerprint density at radius 2 is 1.39 bits per heavy atom. The molecule has 18 heavy (non-hydrogen) atoms. The van der Waals surface area contributed by atoms with E-state index in [1.165, 1.54) is 35.4 Å². The first-order valence-corrected chi connectivity index (χ1v) is 11.3. The maximum absolute atomic E-state index is 11.6. The van der Waals surface area contributed by atoms with Gasteiger partial charge in [0.2, 0.25) is 0 Å². The van der Waals surface area contributed by atoms with E-state index in [9.17, 15) is 9.59 Å². The molecule has 0 amide bonds. The van der Waals surface area contributed by atoms with Crippen LogP contribution >= 0.6 is 0 Å². The first-order valence-electron chi connectivity index (χ1n) is 5.29. The van der Waals surface area contributed by atoms with E-state index < -0.39 is 30.6 Å². The molecule has 0 N–H and O–H groups in total. The van der Waals surface area contributed by atoms with Gasteiger partial charge < -0.3 is 0 Å². The molecule has 0 aliphatic heterocycles. The number of Topliss-reactive ketones (excluding diaryl/α,β-unsaturated/α-hetero) is 2. The molecule has 0 saturated carbocycles. The van der Waals surface area contributed by atoms with Crippen LogP contribution in [-0.2, 0) is 21.7 Å². The van der Waals surface area contributed by atoms with Crippen molar-refractivity contribution in [1.29, 1.82) is 0 Å². The number of carbonyl (C=O) groups is 2. The van der Waals surface area contributed by atoms with Crippen LogP contribution in [0.25, 0.3) is 0 Å². The van der Waals surface area contributed by atoms with Gasteiger partial charge in [-0.25, -0.2) is 0 Å². The van der Waals surface area contributed by atoms with E-state index in [0.717, 1.165) is 0 Å². The normalized spacial score (nSPS) is 13.7. The van der Waals surface area contributed by atoms with Gasteiger partial charge in [-0.1, -0.05) is 0 Å². The molecule has 0 aromatic rings. The minimum atomic E-state index is -4.63. The second-order valence-electron chi connectivity index (χ2n) is 3.70. The van der Waals surface area contributed by atoms with Crippen molar-refractivity contribution in [2.45, 2.75) is 17.7 Å². The van der Waals surface area contributed by atoms with Crippen LogP contribution in [0.1, 0.15) is 13.3 Å². The van der Waals surface area contributed by atoms with Crippen molar-refractivity contribution in [2.24, 2.45) is 0 Å². The first-order chi connectivity index (χ1) is 8.29. The number of hydrogen-bond acceptors (Lipinski definition) is 6. The molecular weight excluding hydrogens is 350 g/mol. The number of allylic oxidation sites excluding steroid dienone is 1. The molecule has 0 aromatic heterocycles. The summed E-state index contributed by atoms with van der Waals surface area (Å²) in [5, 5.41) is 0. The average molecular weight is 371 g/mol. The Kier molecular flexibility index (Phi) is 6.68. The molecule has 0 unspecified atom stereocenters. The monoisotopic (exact) mass is 370 g/mol. The summed E-state index contributed by atoms with van der Waals surface area (Å²) in [5.74, 6) is -1.15. The molecule has 0 heterocycles. The van der Waals surface area contributed by atoms with E-state index in [1.807, 2.05) is 0 Å². The Morgan fingerprint density at radius 1 is 1.00 bits per heavy atom. The molecule has 7 heteroatoms. The van der Waals surface area contributed by atoms with Gasteiger partial charge in [-0.15, -0.1) is 0 Å². The first kappa shape index (κ1) is 17.7. The Balaban J connectivity index is 4.90. The van der Waals surface area contributed by atoms with Gasteiger partial charge in [0.1, 0.15) is 0 Å². The van der Waals surface area contributed by atoms with Crippen LogP contribution in [-0.4, -0.2) is 59.1 Å². The summed E-state index contributed by atoms with van der Waals surface area (Å²) in [6, 6.07) is 0. The zero-order valence-corrected chi connectivity index (χ0v) is 14.1. The van der Waals surface area contributed by atoms with Gasteiger partial charge in [0.05, 0.1) is 0 Å². The Morgan fingerprint density at radius 3 is 1.67 bits per heavy atom. The average Bonchev–Trinajstić information content (AvgIpc) is 2.41. The molecule has 0 atom stereocenters.